The first-order valence-corrected chi connectivity index (χ1v) is 13.8. The summed E-state index contributed by atoms with van der Waals surface area (Å²) in [6.07, 6.45) is 5.71. The van der Waals surface area contributed by atoms with E-state index in [2.05, 4.69) is 19.9 Å². The van der Waals surface area contributed by atoms with Crippen LogP contribution in [0.4, 0.5) is 5.69 Å². The van der Waals surface area contributed by atoms with Gasteiger partial charge in [0.15, 0.2) is 0 Å². The molecule has 2 aromatic carbocycles. The molecule has 0 bridgehead atoms. The Morgan fingerprint density at radius 3 is 2.71 bits per heavy atom. The smallest absolute Gasteiger partial charge is 0.262 e. The van der Waals surface area contributed by atoms with Gasteiger partial charge in [-0.3, -0.25) is 19.4 Å². The number of carbonyl (C=O) groups excluding carboxylic acids is 1. The second-order valence-corrected chi connectivity index (χ2v) is 10.8. The van der Waals surface area contributed by atoms with Crippen LogP contribution in [-0.2, 0) is 26.1 Å². The lowest BCUT2D eigenvalue weighted by Crippen LogP contribution is -2.38. The molecular formula is C26H34N4O4S. The van der Waals surface area contributed by atoms with Crippen LogP contribution in [-0.4, -0.2) is 57.4 Å². The maximum atomic E-state index is 12.9. The zero-order valence-electron chi connectivity index (χ0n) is 20.0. The summed E-state index contributed by atoms with van der Waals surface area (Å²) in [6.45, 7) is 2.88. The van der Waals surface area contributed by atoms with E-state index in [1.165, 1.54) is 12.1 Å². The van der Waals surface area contributed by atoms with Gasteiger partial charge >= 0.3 is 0 Å². The summed E-state index contributed by atoms with van der Waals surface area (Å²) >= 11 is 0. The molecule has 1 amide bonds. The van der Waals surface area contributed by atoms with Gasteiger partial charge in [0, 0.05) is 38.3 Å². The summed E-state index contributed by atoms with van der Waals surface area (Å²) in [5, 5.41) is 2.87. The molecule has 0 spiro atoms. The molecular weight excluding hydrogens is 464 g/mol. The number of carbonyl (C=O) groups is 1. The van der Waals surface area contributed by atoms with Crippen molar-refractivity contribution in [3.8, 4) is 0 Å². The Morgan fingerprint density at radius 2 is 1.91 bits per heavy atom. The molecule has 2 aromatic rings. The maximum absolute atomic E-state index is 12.9. The van der Waals surface area contributed by atoms with E-state index in [4.69, 9.17) is 4.74 Å². The highest BCUT2D eigenvalue weighted by Gasteiger charge is 2.22. The van der Waals surface area contributed by atoms with Crippen molar-refractivity contribution >= 4 is 27.5 Å². The zero-order chi connectivity index (χ0) is 24.5. The molecule has 0 aromatic heterocycles. The minimum absolute atomic E-state index is 0.0998. The summed E-state index contributed by atoms with van der Waals surface area (Å²) in [5.41, 5.74) is 1.57. The number of ether oxygens (including phenoxy) is 1. The Labute approximate surface area is 207 Å². The van der Waals surface area contributed by atoms with E-state index in [1.807, 2.05) is 30.3 Å². The van der Waals surface area contributed by atoms with Crippen molar-refractivity contribution in [2.45, 2.75) is 56.1 Å². The molecule has 2 aliphatic heterocycles. The molecule has 1 atom stereocenters. The number of rotatable bonds is 9. The molecule has 2 N–H and O–H groups in total. The molecule has 0 aliphatic carbocycles. The Kier molecular flexibility index (Phi) is 8.90. The minimum Gasteiger partial charge on any atom is -0.377 e. The van der Waals surface area contributed by atoms with Crippen molar-refractivity contribution in [1.82, 2.24) is 9.62 Å². The van der Waals surface area contributed by atoms with Crippen LogP contribution in [0.3, 0.4) is 0 Å². The standard InChI is InChI=1S/C26H34N4O4S/c31-26(20-30(19-23-12-8-16-34-23)18-21-9-3-1-4-10-21)28-22-11-7-13-24(17-22)35(32,33)29-25-14-5-2-6-15-27-25/h1,3-4,7,9-11,13,17,23H,2,5-6,8,12,14-16,18-20H2,(H,27,29)(H,28,31). The van der Waals surface area contributed by atoms with Gasteiger partial charge in [0.2, 0.25) is 5.91 Å². The fraction of sp³-hybridized carbons (Fsp3) is 0.462. The van der Waals surface area contributed by atoms with E-state index in [9.17, 15) is 13.2 Å². The van der Waals surface area contributed by atoms with Gasteiger partial charge in [0.25, 0.3) is 10.0 Å². The third-order valence-electron chi connectivity index (χ3n) is 6.16. The molecule has 2 aliphatic rings. The fourth-order valence-corrected chi connectivity index (χ4v) is 5.55. The second-order valence-electron chi connectivity index (χ2n) is 9.11. The van der Waals surface area contributed by atoms with E-state index in [0.29, 0.717) is 37.6 Å². The number of amidine groups is 1. The summed E-state index contributed by atoms with van der Waals surface area (Å²) in [6, 6.07) is 16.4. The number of sulfonamides is 1. The highest BCUT2D eigenvalue weighted by molar-refractivity contribution is 7.90. The first-order valence-electron chi connectivity index (χ1n) is 12.3. The molecule has 0 radical (unpaired) electrons. The number of anilines is 1. The summed E-state index contributed by atoms with van der Waals surface area (Å²) in [7, 11) is -3.77. The molecule has 0 saturated carbocycles. The van der Waals surface area contributed by atoms with Gasteiger partial charge in [-0.15, -0.1) is 0 Å². The Balaban J connectivity index is 1.40. The molecule has 1 unspecified atom stereocenters. The monoisotopic (exact) mass is 498 g/mol. The number of hydrogen-bond donors (Lipinski definition) is 2. The SMILES string of the molecule is O=C(CN(Cc1ccccc1)CC1CCCO1)Nc1cccc(S(=O)(=O)NC2=NCCCCC2)c1. The van der Waals surface area contributed by atoms with Crippen molar-refractivity contribution in [3.63, 3.8) is 0 Å². The van der Waals surface area contributed by atoms with E-state index in [-0.39, 0.29) is 23.5 Å². The number of benzene rings is 2. The summed E-state index contributed by atoms with van der Waals surface area (Å²) in [5.74, 6) is 0.303. The van der Waals surface area contributed by atoms with Crippen LogP contribution in [0.2, 0.25) is 0 Å². The molecule has 8 nitrogen and oxygen atoms in total. The van der Waals surface area contributed by atoms with Crippen LogP contribution in [0.1, 0.15) is 44.1 Å². The minimum atomic E-state index is -3.77. The average molecular weight is 499 g/mol. The number of aliphatic imine (C=N–C) groups is 1. The van der Waals surface area contributed by atoms with E-state index in [1.54, 1.807) is 12.1 Å². The van der Waals surface area contributed by atoms with Crippen molar-refractivity contribution in [2.75, 3.05) is 31.6 Å². The van der Waals surface area contributed by atoms with Gasteiger partial charge in [0.05, 0.1) is 17.5 Å². The number of hydrogen-bond acceptors (Lipinski definition) is 6. The van der Waals surface area contributed by atoms with Crippen molar-refractivity contribution in [3.05, 3.63) is 60.2 Å². The number of amides is 1. The Hall–Kier alpha value is -2.75. The topological polar surface area (TPSA) is 100 Å². The van der Waals surface area contributed by atoms with Gasteiger partial charge < -0.3 is 10.1 Å². The summed E-state index contributed by atoms with van der Waals surface area (Å²) < 4.78 is 34.2. The second kappa shape index (κ2) is 12.3. The van der Waals surface area contributed by atoms with Crippen molar-refractivity contribution in [2.24, 2.45) is 4.99 Å². The quantitative estimate of drug-likeness (QED) is 0.551. The molecule has 1 saturated heterocycles. The van der Waals surface area contributed by atoms with Gasteiger partial charge in [-0.05, 0) is 49.4 Å². The average Bonchev–Trinajstić information content (AvgIpc) is 3.22. The van der Waals surface area contributed by atoms with Gasteiger partial charge in [-0.25, -0.2) is 8.42 Å². The van der Waals surface area contributed by atoms with E-state index < -0.39 is 10.0 Å². The Bertz CT molecular complexity index is 1120. The van der Waals surface area contributed by atoms with Crippen LogP contribution >= 0.6 is 0 Å². The predicted molar refractivity (Wildman–Crippen MR) is 137 cm³/mol. The first-order chi connectivity index (χ1) is 17.0. The summed E-state index contributed by atoms with van der Waals surface area (Å²) in [4.78, 5) is 19.5. The largest absolute Gasteiger partial charge is 0.377 e. The molecule has 4 rings (SSSR count). The van der Waals surface area contributed by atoms with Crippen LogP contribution in [0.5, 0.6) is 0 Å². The lowest BCUT2D eigenvalue weighted by molar-refractivity contribution is -0.117. The third kappa shape index (κ3) is 7.88. The van der Waals surface area contributed by atoms with Gasteiger partial charge in [-0.1, -0.05) is 42.8 Å². The predicted octanol–water partition coefficient (Wildman–Crippen LogP) is 3.56. The van der Waals surface area contributed by atoms with Crippen LogP contribution in [0, 0.1) is 0 Å². The van der Waals surface area contributed by atoms with Crippen LogP contribution in [0.15, 0.2) is 64.5 Å². The van der Waals surface area contributed by atoms with E-state index in [0.717, 1.165) is 44.3 Å². The lowest BCUT2D eigenvalue weighted by atomic mass is 10.2. The lowest BCUT2D eigenvalue weighted by Gasteiger charge is -2.25. The van der Waals surface area contributed by atoms with E-state index >= 15 is 0 Å². The first kappa shape index (κ1) is 25.3. The fourth-order valence-electron chi connectivity index (χ4n) is 4.42. The van der Waals surface area contributed by atoms with Crippen LogP contribution < -0.4 is 10.0 Å². The highest BCUT2D eigenvalue weighted by atomic mass is 32.2. The van der Waals surface area contributed by atoms with Crippen molar-refractivity contribution in [1.29, 1.82) is 0 Å². The molecule has 35 heavy (non-hydrogen) atoms. The maximum Gasteiger partial charge on any atom is 0.262 e. The molecule has 188 valence electrons. The number of nitrogens with zero attached hydrogens (tertiary/aromatic N) is 2. The number of nitrogens with one attached hydrogen (secondary N) is 2. The normalized spacial score (nSPS) is 18.7. The molecule has 1 fully saturated rings. The third-order valence-corrected chi connectivity index (χ3v) is 7.54. The molecule has 9 heteroatoms. The zero-order valence-corrected chi connectivity index (χ0v) is 20.8. The van der Waals surface area contributed by atoms with Gasteiger partial charge in [-0.2, -0.15) is 0 Å². The van der Waals surface area contributed by atoms with Crippen LogP contribution in [0.25, 0.3) is 0 Å². The Morgan fingerprint density at radius 1 is 1.06 bits per heavy atom. The highest BCUT2D eigenvalue weighted by Crippen LogP contribution is 2.18. The van der Waals surface area contributed by atoms with Crippen molar-refractivity contribution < 1.29 is 17.9 Å². The van der Waals surface area contributed by atoms with Gasteiger partial charge in [0.1, 0.15) is 5.84 Å². The molecule has 2 heterocycles.